The van der Waals surface area contributed by atoms with Crippen LogP contribution < -0.4 is 10.6 Å². The Morgan fingerprint density at radius 3 is 2.72 bits per heavy atom. The number of imidazole rings is 1. The standard InChI is InChI=1S/C26H22N8O2/c1-32-16-19(14-30-32)18-5-6-25-24(10-18)28-17-33(25)21-11-20(12-22(13-21)34-8-3-7-29-34)31-26(35)27-15-23-4-2-9-36-23/h2-14,16-17H,15H2,1H3,(H2,27,31,35). The van der Waals surface area contributed by atoms with Crippen LogP contribution in [0.5, 0.6) is 0 Å². The van der Waals surface area contributed by atoms with Crippen molar-refractivity contribution in [2.45, 2.75) is 6.54 Å². The molecule has 6 aromatic rings. The number of urea groups is 1. The van der Waals surface area contributed by atoms with Crippen molar-refractivity contribution in [2.24, 2.45) is 7.05 Å². The van der Waals surface area contributed by atoms with E-state index in [4.69, 9.17) is 4.42 Å². The smallest absolute Gasteiger partial charge is 0.319 e. The minimum atomic E-state index is -0.341. The molecule has 10 heteroatoms. The summed E-state index contributed by atoms with van der Waals surface area (Å²) in [4.78, 5) is 17.2. The third-order valence-electron chi connectivity index (χ3n) is 5.80. The molecule has 0 aliphatic heterocycles. The van der Waals surface area contributed by atoms with Gasteiger partial charge in [0.2, 0.25) is 0 Å². The van der Waals surface area contributed by atoms with Crippen LogP contribution in [0.3, 0.4) is 0 Å². The molecule has 0 atom stereocenters. The summed E-state index contributed by atoms with van der Waals surface area (Å²) >= 11 is 0. The van der Waals surface area contributed by atoms with E-state index in [0.717, 1.165) is 33.5 Å². The Labute approximate surface area is 205 Å². The topological polar surface area (TPSA) is 108 Å². The fourth-order valence-electron chi connectivity index (χ4n) is 4.08. The highest BCUT2D eigenvalue weighted by molar-refractivity contribution is 5.90. The Hall–Kier alpha value is -5.12. The van der Waals surface area contributed by atoms with Crippen molar-refractivity contribution in [1.82, 2.24) is 34.4 Å². The molecule has 0 saturated carbocycles. The Morgan fingerprint density at radius 2 is 1.94 bits per heavy atom. The molecule has 36 heavy (non-hydrogen) atoms. The van der Waals surface area contributed by atoms with Crippen molar-refractivity contribution in [3.63, 3.8) is 0 Å². The summed E-state index contributed by atoms with van der Waals surface area (Å²) in [5.74, 6) is 0.673. The molecule has 0 aliphatic carbocycles. The first-order valence-electron chi connectivity index (χ1n) is 11.3. The molecule has 0 saturated heterocycles. The van der Waals surface area contributed by atoms with Gasteiger partial charge in [-0.25, -0.2) is 14.5 Å². The molecule has 0 unspecified atom stereocenters. The lowest BCUT2D eigenvalue weighted by atomic mass is 10.1. The maximum absolute atomic E-state index is 12.6. The Kier molecular flexibility index (Phi) is 5.30. The highest BCUT2D eigenvalue weighted by Gasteiger charge is 2.12. The van der Waals surface area contributed by atoms with Gasteiger partial charge in [-0.3, -0.25) is 9.25 Å². The number of carbonyl (C=O) groups excluding carboxylic acids is 1. The number of nitrogens with zero attached hydrogens (tertiary/aromatic N) is 6. The first kappa shape index (κ1) is 21.4. The zero-order valence-electron chi connectivity index (χ0n) is 19.4. The van der Waals surface area contributed by atoms with Crippen molar-refractivity contribution >= 4 is 22.8 Å². The SMILES string of the molecule is Cn1cc(-c2ccc3c(c2)ncn3-c2cc(NC(=O)NCc3ccco3)cc(-n3cccn3)c2)cn1. The van der Waals surface area contributed by atoms with Gasteiger partial charge in [0.05, 0.1) is 41.4 Å². The first-order valence-corrected chi connectivity index (χ1v) is 11.3. The van der Waals surface area contributed by atoms with E-state index in [9.17, 15) is 4.79 Å². The highest BCUT2D eigenvalue weighted by Crippen LogP contribution is 2.27. The van der Waals surface area contributed by atoms with E-state index in [1.165, 1.54) is 0 Å². The number of benzene rings is 2. The molecule has 0 aliphatic rings. The van der Waals surface area contributed by atoms with E-state index in [2.05, 4.69) is 31.9 Å². The van der Waals surface area contributed by atoms with Gasteiger partial charge in [0.25, 0.3) is 0 Å². The molecule has 2 N–H and O–H groups in total. The van der Waals surface area contributed by atoms with Gasteiger partial charge < -0.3 is 15.1 Å². The molecule has 0 bridgehead atoms. The number of hydrogen-bond acceptors (Lipinski definition) is 5. The summed E-state index contributed by atoms with van der Waals surface area (Å²) < 4.78 is 10.8. The molecule has 6 rings (SSSR count). The Bertz CT molecular complexity index is 1640. The lowest BCUT2D eigenvalue weighted by Gasteiger charge is -2.13. The first-order chi connectivity index (χ1) is 17.6. The number of carbonyl (C=O) groups is 1. The molecule has 2 amide bonds. The molecule has 0 spiro atoms. The largest absolute Gasteiger partial charge is 0.467 e. The number of anilines is 1. The van der Waals surface area contributed by atoms with Gasteiger partial charge in [-0.2, -0.15) is 10.2 Å². The van der Waals surface area contributed by atoms with Gasteiger partial charge >= 0.3 is 6.03 Å². The van der Waals surface area contributed by atoms with E-state index in [1.54, 1.807) is 40.3 Å². The second-order valence-corrected chi connectivity index (χ2v) is 8.30. The maximum Gasteiger partial charge on any atom is 0.319 e. The van der Waals surface area contributed by atoms with Crippen LogP contribution in [0.4, 0.5) is 10.5 Å². The van der Waals surface area contributed by atoms with Crippen LogP contribution in [0.25, 0.3) is 33.5 Å². The van der Waals surface area contributed by atoms with Crippen LogP contribution in [0.1, 0.15) is 5.76 Å². The molecule has 178 valence electrons. The number of rotatable bonds is 6. The summed E-state index contributed by atoms with van der Waals surface area (Å²) in [6.07, 6.45) is 10.7. The quantitative estimate of drug-likeness (QED) is 0.366. The summed E-state index contributed by atoms with van der Waals surface area (Å²) in [6, 6.07) is 17.0. The van der Waals surface area contributed by atoms with E-state index >= 15 is 0 Å². The van der Waals surface area contributed by atoms with Gasteiger partial charge in [0.1, 0.15) is 12.1 Å². The molecular weight excluding hydrogens is 456 g/mol. The van der Waals surface area contributed by atoms with Crippen LogP contribution >= 0.6 is 0 Å². The average Bonchev–Trinajstić information content (AvgIpc) is 3.69. The fourth-order valence-corrected chi connectivity index (χ4v) is 4.08. The third kappa shape index (κ3) is 4.23. The molecule has 0 radical (unpaired) electrons. The minimum Gasteiger partial charge on any atom is -0.467 e. The molecular formula is C26H22N8O2. The van der Waals surface area contributed by atoms with Gasteiger partial charge in [-0.05, 0) is 54.1 Å². The minimum absolute atomic E-state index is 0.288. The van der Waals surface area contributed by atoms with Gasteiger partial charge in [0, 0.05) is 36.9 Å². The van der Waals surface area contributed by atoms with Crippen LogP contribution in [-0.4, -0.2) is 35.1 Å². The lowest BCUT2D eigenvalue weighted by Crippen LogP contribution is -2.28. The van der Waals surface area contributed by atoms with E-state index in [1.807, 2.05) is 66.6 Å². The van der Waals surface area contributed by atoms with Crippen molar-refractivity contribution in [2.75, 3.05) is 5.32 Å². The number of fused-ring (bicyclic) bond motifs is 1. The predicted molar refractivity (Wildman–Crippen MR) is 135 cm³/mol. The zero-order valence-corrected chi connectivity index (χ0v) is 19.4. The molecule has 4 aromatic heterocycles. The van der Waals surface area contributed by atoms with Crippen LogP contribution in [-0.2, 0) is 13.6 Å². The Balaban J connectivity index is 1.34. The Morgan fingerprint density at radius 1 is 1.03 bits per heavy atom. The second kappa shape index (κ2) is 8.91. The number of furan rings is 1. The fraction of sp³-hybridized carbons (Fsp3) is 0.0769. The number of hydrogen-bond donors (Lipinski definition) is 2. The molecule has 10 nitrogen and oxygen atoms in total. The highest BCUT2D eigenvalue weighted by atomic mass is 16.3. The van der Waals surface area contributed by atoms with Crippen molar-refractivity contribution in [1.29, 1.82) is 0 Å². The number of amides is 2. The van der Waals surface area contributed by atoms with E-state index in [0.29, 0.717) is 11.4 Å². The molecule has 0 fully saturated rings. The van der Waals surface area contributed by atoms with Crippen LogP contribution in [0, 0.1) is 0 Å². The molecule has 4 heterocycles. The number of aryl methyl sites for hydroxylation is 1. The zero-order chi connectivity index (χ0) is 24.5. The second-order valence-electron chi connectivity index (χ2n) is 8.30. The third-order valence-corrected chi connectivity index (χ3v) is 5.80. The number of nitrogens with one attached hydrogen (secondary N) is 2. The van der Waals surface area contributed by atoms with E-state index in [-0.39, 0.29) is 12.6 Å². The van der Waals surface area contributed by atoms with E-state index < -0.39 is 0 Å². The predicted octanol–water partition coefficient (Wildman–Crippen LogP) is 4.53. The van der Waals surface area contributed by atoms with Crippen molar-refractivity contribution in [3.8, 4) is 22.5 Å². The maximum atomic E-state index is 12.6. The van der Waals surface area contributed by atoms with Crippen molar-refractivity contribution < 1.29 is 9.21 Å². The lowest BCUT2D eigenvalue weighted by molar-refractivity contribution is 0.251. The van der Waals surface area contributed by atoms with Crippen LogP contribution in [0.15, 0.2) is 96.4 Å². The monoisotopic (exact) mass is 478 g/mol. The summed E-state index contributed by atoms with van der Waals surface area (Å²) in [7, 11) is 1.90. The normalized spacial score (nSPS) is 11.1. The van der Waals surface area contributed by atoms with Crippen LogP contribution in [0.2, 0.25) is 0 Å². The summed E-state index contributed by atoms with van der Waals surface area (Å²) in [5.41, 5.74) is 6.11. The summed E-state index contributed by atoms with van der Waals surface area (Å²) in [6.45, 7) is 0.288. The molecule has 2 aromatic carbocycles. The van der Waals surface area contributed by atoms with Gasteiger partial charge in [-0.15, -0.1) is 0 Å². The average molecular weight is 479 g/mol. The summed E-state index contributed by atoms with van der Waals surface area (Å²) in [5, 5.41) is 14.3. The number of aromatic nitrogens is 6. The van der Waals surface area contributed by atoms with Gasteiger partial charge in [-0.1, -0.05) is 6.07 Å². The van der Waals surface area contributed by atoms with Crippen molar-refractivity contribution in [3.05, 3.63) is 97.7 Å². The van der Waals surface area contributed by atoms with Gasteiger partial charge in [0.15, 0.2) is 0 Å².